The summed E-state index contributed by atoms with van der Waals surface area (Å²) >= 11 is 12.0. The summed E-state index contributed by atoms with van der Waals surface area (Å²) in [5.41, 5.74) is 1.92. The second kappa shape index (κ2) is 5.43. The minimum atomic E-state index is 0.301. The zero-order valence-electron chi connectivity index (χ0n) is 9.82. The van der Waals surface area contributed by atoms with Gasteiger partial charge in [-0.2, -0.15) is 10.4 Å². The number of aromatic nitrogens is 2. The molecule has 0 amide bonds. The molecule has 0 spiro atoms. The topological polar surface area (TPSA) is 41.6 Å². The molecule has 0 fully saturated rings. The Kier molecular flexibility index (Phi) is 3.90. The summed E-state index contributed by atoms with van der Waals surface area (Å²) in [6.07, 6.45) is 2.94. The fraction of sp³-hybridized carbons (Fsp3) is 0.231. The zero-order chi connectivity index (χ0) is 13.1. The van der Waals surface area contributed by atoms with Gasteiger partial charge in [0.1, 0.15) is 6.07 Å². The van der Waals surface area contributed by atoms with Gasteiger partial charge in [0, 0.05) is 18.3 Å². The van der Waals surface area contributed by atoms with E-state index in [2.05, 4.69) is 12.0 Å². The number of benzene rings is 1. The van der Waals surface area contributed by atoms with Crippen molar-refractivity contribution in [1.29, 1.82) is 5.26 Å². The standard InChI is InChI=1S/C13H11Cl2N3/c1-2-4-18-5-3-13(17-18)9-6-11(14)10(8-16)12(15)7-9/h3,5-7H,2,4H2,1H3. The first kappa shape index (κ1) is 12.9. The monoisotopic (exact) mass is 279 g/mol. The van der Waals surface area contributed by atoms with Crippen molar-refractivity contribution in [2.45, 2.75) is 19.9 Å². The Bertz CT molecular complexity index is 588. The molecule has 0 aliphatic rings. The summed E-state index contributed by atoms with van der Waals surface area (Å²) < 4.78 is 1.87. The van der Waals surface area contributed by atoms with Gasteiger partial charge in [0.15, 0.2) is 0 Å². The Morgan fingerprint density at radius 1 is 1.33 bits per heavy atom. The third-order valence-corrected chi connectivity index (χ3v) is 3.14. The van der Waals surface area contributed by atoms with Crippen LogP contribution in [0.25, 0.3) is 11.3 Å². The maximum atomic E-state index is 8.90. The van der Waals surface area contributed by atoms with Gasteiger partial charge in [-0.1, -0.05) is 30.1 Å². The summed E-state index contributed by atoms with van der Waals surface area (Å²) in [5, 5.41) is 14.0. The summed E-state index contributed by atoms with van der Waals surface area (Å²) in [7, 11) is 0. The van der Waals surface area contributed by atoms with Crippen LogP contribution in [0, 0.1) is 11.3 Å². The molecule has 0 atom stereocenters. The van der Waals surface area contributed by atoms with Crippen LogP contribution in [-0.2, 0) is 6.54 Å². The molecule has 0 N–H and O–H groups in total. The van der Waals surface area contributed by atoms with Gasteiger partial charge in [0.25, 0.3) is 0 Å². The highest BCUT2D eigenvalue weighted by Crippen LogP contribution is 2.30. The van der Waals surface area contributed by atoms with Crippen LogP contribution in [0.2, 0.25) is 10.0 Å². The van der Waals surface area contributed by atoms with E-state index >= 15 is 0 Å². The molecule has 2 rings (SSSR count). The Morgan fingerprint density at radius 3 is 2.56 bits per heavy atom. The van der Waals surface area contributed by atoms with Crippen molar-refractivity contribution in [3.05, 3.63) is 40.0 Å². The van der Waals surface area contributed by atoms with Crippen LogP contribution in [-0.4, -0.2) is 9.78 Å². The molecule has 0 saturated carbocycles. The average Bonchev–Trinajstić information content (AvgIpc) is 2.78. The minimum Gasteiger partial charge on any atom is -0.272 e. The number of aryl methyl sites for hydroxylation is 1. The van der Waals surface area contributed by atoms with Crippen molar-refractivity contribution in [2.75, 3.05) is 0 Å². The van der Waals surface area contributed by atoms with E-state index in [1.807, 2.05) is 23.0 Å². The number of hydrogen-bond acceptors (Lipinski definition) is 2. The van der Waals surface area contributed by atoms with Crippen LogP contribution in [0.1, 0.15) is 18.9 Å². The number of hydrogen-bond donors (Lipinski definition) is 0. The quantitative estimate of drug-likeness (QED) is 0.847. The fourth-order valence-corrected chi connectivity index (χ4v) is 2.27. The van der Waals surface area contributed by atoms with Gasteiger partial charge in [0.2, 0.25) is 0 Å². The molecule has 18 heavy (non-hydrogen) atoms. The molecule has 92 valence electrons. The Hall–Kier alpha value is -1.50. The van der Waals surface area contributed by atoms with Gasteiger partial charge in [-0.25, -0.2) is 0 Å². The van der Waals surface area contributed by atoms with E-state index in [1.165, 1.54) is 0 Å². The van der Waals surface area contributed by atoms with Crippen LogP contribution in [0.5, 0.6) is 0 Å². The molecule has 0 unspecified atom stereocenters. The van der Waals surface area contributed by atoms with Crippen LogP contribution in [0.3, 0.4) is 0 Å². The van der Waals surface area contributed by atoms with Crippen molar-refractivity contribution in [2.24, 2.45) is 0 Å². The van der Waals surface area contributed by atoms with Crippen LogP contribution >= 0.6 is 23.2 Å². The van der Waals surface area contributed by atoms with E-state index < -0.39 is 0 Å². The highest BCUT2D eigenvalue weighted by Gasteiger charge is 2.10. The zero-order valence-corrected chi connectivity index (χ0v) is 11.3. The van der Waals surface area contributed by atoms with Crippen LogP contribution in [0.15, 0.2) is 24.4 Å². The molecule has 0 radical (unpaired) electrons. The van der Waals surface area contributed by atoms with E-state index in [1.54, 1.807) is 12.1 Å². The molecule has 2 aromatic rings. The molecule has 0 bridgehead atoms. The lowest BCUT2D eigenvalue weighted by atomic mass is 10.1. The molecule has 1 heterocycles. The van der Waals surface area contributed by atoms with Gasteiger partial charge < -0.3 is 0 Å². The second-order valence-corrected chi connectivity index (χ2v) is 4.71. The van der Waals surface area contributed by atoms with Crippen LogP contribution < -0.4 is 0 Å². The van der Waals surface area contributed by atoms with Crippen molar-refractivity contribution in [1.82, 2.24) is 9.78 Å². The highest BCUT2D eigenvalue weighted by molar-refractivity contribution is 6.37. The summed E-state index contributed by atoms with van der Waals surface area (Å²) in [6.45, 7) is 2.97. The van der Waals surface area contributed by atoms with Gasteiger partial charge in [0.05, 0.1) is 21.3 Å². The average molecular weight is 280 g/mol. The van der Waals surface area contributed by atoms with Crippen molar-refractivity contribution in [3.8, 4) is 17.3 Å². The summed E-state index contributed by atoms with van der Waals surface area (Å²) in [4.78, 5) is 0. The van der Waals surface area contributed by atoms with E-state index in [4.69, 9.17) is 28.5 Å². The first-order valence-corrected chi connectivity index (χ1v) is 6.34. The minimum absolute atomic E-state index is 0.301. The van der Waals surface area contributed by atoms with Gasteiger partial charge in [-0.15, -0.1) is 0 Å². The molecule has 3 nitrogen and oxygen atoms in total. The SMILES string of the molecule is CCCn1ccc(-c2cc(Cl)c(C#N)c(Cl)c2)n1. The van der Waals surface area contributed by atoms with Gasteiger partial charge in [-0.3, -0.25) is 4.68 Å². The molecule has 5 heteroatoms. The first-order valence-electron chi connectivity index (χ1n) is 5.58. The number of halogens is 2. The summed E-state index contributed by atoms with van der Waals surface area (Å²) in [6, 6.07) is 7.31. The van der Waals surface area contributed by atoms with Crippen LogP contribution in [0.4, 0.5) is 0 Å². The Balaban J connectivity index is 2.42. The lowest BCUT2D eigenvalue weighted by molar-refractivity contribution is 0.604. The lowest BCUT2D eigenvalue weighted by Crippen LogP contribution is -1.96. The first-order chi connectivity index (χ1) is 8.65. The predicted molar refractivity (Wildman–Crippen MR) is 72.7 cm³/mol. The maximum Gasteiger partial charge on any atom is 0.102 e. The number of nitrogens with zero attached hydrogens (tertiary/aromatic N) is 3. The molecule has 0 saturated heterocycles. The van der Waals surface area contributed by atoms with Gasteiger partial charge >= 0.3 is 0 Å². The highest BCUT2D eigenvalue weighted by atomic mass is 35.5. The number of nitriles is 1. The third kappa shape index (κ3) is 2.50. The van der Waals surface area contributed by atoms with E-state index in [9.17, 15) is 0 Å². The summed E-state index contributed by atoms with van der Waals surface area (Å²) in [5.74, 6) is 0. The van der Waals surface area contributed by atoms with Crippen molar-refractivity contribution in [3.63, 3.8) is 0 Å². The van der Waals surface area contributed by atoms with Crippen molar-refractivity contribution < 1.29 is 0 Å². The molecular formula is C13H11Cl2N3. The Morgan fingerprint density at radius 2 is 2.00 bits per heavy atom. The van der Waals surface area contributed by atoms with E-state index in [0.29, 0.717) is 15.6 Å². The van der Waals surface area contributed by atoms with Crippen molar-refractivity contribution >= 4 is 23.2 Å². The fourth-order valence-electron chi connectivity index (χ4n) is 1.70. The molecule has 1 aromatic heterocycles. The maximum absolute atomic E-state index is 8.90. The van der Waals surface area contributed by atoms with E-state index in [-0.39, 0.29) is 0 Å². The predicted octanol–water partition coefficient (Wildman–Crippen LogP) is 4.14. The molecular weight excluding hydrogens is 269 g/mol. The van der Waals surface area contributed by atoms with Gasteiger partial charge in [-0.05, 0) is 24.6 Å². The third-order valence-electron chi connectivity index (χ3n) is 2.54. The lowest BCUT2D eigenvalue weighted by Gasteiger charge is -2.03. The Labute approximate surface area is 116 Å². The molecule has 0 aliphatic carbocycles. The smallest absolute Gasteiger partial charge is 0.102 e. The number of rotatable bonds is 3. The largest absolute Gasteiger partial charge is 0.272 e. The molecule has 0 aliphatic heterocycles. The van der Waals surface area contributed by atoms with E-state index in [0.717, 1.165) is 24.2 Å². The normalized spacial score (nSPS) is 10.3. The molecule has 1 aromatic carbocycles. The second-order valence-electron chi connectivity index (χ2n) is 3.89.